The molecule has 0 rings (SSSR count). The molecule has 4 heteroatoms. The number of rotatable bonds is 2. The predicted molar refractivity (Wildman–Crippen MR) is 30.0 cm³/mol. The first kappa shape index (κ1) is 16.6. The maximum absolute atomic E-state index is 8.39. The van der Waals surface area contributed by atoms with Gasteiger partial charge in [0.15, 0.2) is 0 Å². The standard InChI is InChI=1S/C5H14NO.Cd.ClH/c1-6(2,3)4-5-7;;/h7H,4-5H2,1-3H3;;1H/q+1;;/p-1. The van der Waals surface area contributed by atoms with Gasteiger partial charge in [-0.05, 0) is 0 Å². The first-order chi connectivity index (χ1) is 3.06. The van der Waals surface area contributed by atoms with Gasteiger partial charge in [0.05, 0.1) is 27.7 Å². The van der Waals surface area contributed by atoms with Crippen LogP contribution in [0.4, 0.5) is 0 Å². The molecule has 0 saturated heterocycles. The molecule has 0 radical (unpaired) electrons. The van der Waals surface area contributed by atoms with Gasteiger partial charge in [-0.3, -0.25) is 0 Å². The van der Waals surface area contributed by atoms with Gasteiger partial charge in [0.2, 0.25) is 0 Å². The second-order valence-electron chi connectivity index (χ2n) is 2.74. The summed E-state index contributed by atoms with van der Waals surface area (Å²) in [7, 11) is 6.16. The summed E-state index contributed by atoms with van der Waals surface area (Å²) in [5.41, 5.74) is 0. The Hall–Kier alpha value is 1.13. The molecule has 9 heavy (non-hydrogen) atoms. The molecule has 0 aromatic carbocycles. The summed E-state index contributed by atoms with van der Waals surface area (Å²) in [5, 5.41) is 8.39. The first-order valence-electron chi connectivity index (χ1n) is 2.47. The molecule has 0 aliphatic heterocycles. The molecule has 0 amide bonds. The van der Waals surface area contributed by atoms with Gasteiger partial charge >= 0.3 is 0 Å². The molecule has 0 bridgehead atoms. The van der Waals surface area contributed by atoms with Gasteiger partial charge in [0.1, 0.15) is 6.54 Å². The molecule has 0 heterocycles. The maximum atomic E-state index is 8.39. The first-order valence-corrected chi connectivity index (χ1v) is 2.47. The molecule has 0 aromatic rings. The van der Waals surface area contributed by atoms with Crippen molar-refractivity contribution in [2.24, 2.45) is 0 Å². The number of nitrogens with zero attached hydrogens (tertiary/aromatic N) is 1. The Morgan fingerprint density at radius 2 is 1.56 bits per heavy atom. The van der Waals surface area contributed by atoms with Crippen LogP contribution in [-0.4, -0.2) is 43.9 Å². The zero-order chi connectivity index (χ0) is 5.91. The minimum atomic E-state index is 0. The van der Waals surface area contributed by atoms with E-state index in [1.165, 1.54) is 0 Å². The third-order valence-corrected chi connectivity index (χ3v) is 0.771. The van der Waals surface area contributed by atoms with Gasteiger partial charge in [-0.2, -0.15) is 0 Å². The van der Waals surface area contributed by atoms with Crippen LogP contribution in [-0.2, 0) is 27.3 Å². The van der Waals surface area contributed by atoms with E-state index >= 15 is 0 Å². The van der Waals surface area contributed by atoms with Crippen molar-refractivity contribution in [3.8, 4) is 0 Å². The molecule has 54 valence electrons. The quantitative estimate of drug-likeness (QED) is 0.403. The number of likely N-dealkylation sites (N-methyl/N-ethyl adjacent to an activating group) is 1. The van der Waals surface area contributed by atoms with E-state index in [0.717, 1.165) is 11.0 Å². The number of halogens is 1. The SMILES string of the molecule is C[N+](C)(C)CCO.[Cd].[Cl-]. The van der Waals surface area contributed by atoms with Crippen LogP contribution in [0.5, 0.6) is 0 Å². The van der Waals surface area contributed by atoms with E-state index < -0.39 is 0 Å². The summed E-state index contributed by atoms with van der Waals surface area (Å²) >= 11 is 0. The second kappa shape index (κ2) is 7.24. The minimum Gasteiger partial charge on any atom is -1.00 e. The van der Waals surface area contributed by atoms with E-state index in [4.69, 9.17) is 5.11 Å². The fourth-order valence-corrected chi connectivity index (χ4v) is 0.300. The van der Waals surface area contributed by atoms with Gasteiger partial charge in [0, 0.05) is 27.3 Å². The fourth-order valence-electron chi connectivity index (χ4n) is 0.300. The van der Waals surface area contributed by atoms with Crippen molar-refractivity contribution in [1.29, 1.82) is 0 Å². The molecular formula is C5H14CdClNO. The molecule has 0 aliphatic rings. The molecular weight excluding hydrogens is 238 g/mol. The van der Waals surface area contributed by atoms with Gasteiger partial charge in [-0.1, -0.05) is 0 Å². The van der Waals surface area contributed by atoms with Gasteiger partial charge in [-0.25, -0.2) is 0 Å². The zero-order valence-corrected chi connectivity index (χ0v) is 11.2. The molecule has 0 fully saturated rings. The Morgan fingerprint density at radius 1 is 1.22 bits per heavy atom. The maximum Gasteiger partial charge on any atom is 0.101 e. The van der Waals surface area contributed by atoms with E-state index in [0.29, 0.717) is 0 Å². The van der Waals surface area contributed by atoms with Crippen molar-refractivity contribution >= 4 is 0 Å². The van der Waals surface area contributed by atoms with Crippen LogP contribution >= 0.6 is 0 Å². The number of aliphatic hydroxyl groups is 1. The molecule has 0 unspecified atom stereocenters. The van der Waals surface area contributed by atoms with Crippen LogP contribution in [0.1, 0.15) is 0 Å². The molecule has 2 nitrogen and oxygen atoms in total. The molecule has 0 aliphatic carbocycles. The van der Waals surface area contributed by atoms with Crippen LogP contribution in [0.3, 0.4) is 0 Å². The molecule has 0 saturated carbocycles. The van der Waals surface area contributed by atoms with Crippen molar-refractivity contribution in [3.63, 3.8) is 0 Å². The zero-order valence-electron chi connectivity index (χ0n) is 6.39. The fraction of sp³-hybridized carbons (Fsp3) is 1.00. The van der Waals surface area contributed by atoms with Crippen molar-refractivity contribution in [2.75, 3.05) is 34.3 Å². The van der Waals surface area contributed by atoms with Crippen LogP contribution in [0.15, 0.2) is 0 Å². The van der Waals surface area contributed by atoms with Gasteiger partial charge in [0.25, 0.3) is 0 Å². The Labute approximate surface area is 83.4 Å². The summed E-state index contributed by atoms with van der Waals surface area (Å²) in [6.45, 7) is 1.11. The average Bonchev–Trinajstić information content (AvgIpc) is 1.30. The molecule has 0 atom stereocenters. The third kappa shape index (κ3) is 17.6. The van der Waals surface area contributed by atoms with Crippen molar-refractivity contribution in [1.82, 2.24) is 0 Å². The number of quaternary nitrogens is 1. The summed E-state index contributed by atoms with van der Waals surface area (Å²) in [6.07, 6.45) is 0. The molecule has 0 spiro atoms. The Balaban J connectivity index is -0.000000180. The van der Waals surface area contributed by atoms with E-state index in [1.807, 2.05) is 0 Å². The number of aliphatic hydroxyl groups excluding tert-OH is 1. The van der Waals surface area contributed by atoms with E-state index in [-0.39, 0.29) is 46.3 Å². The van der Waals surface area contributed by atoms with Crippen LogP contribution in [0.25, 0.3) is 0 Å². The summed E-state index contributed by atoms with van der Waals surface area (Å²) in [4.78, 5) is 0. The Morgan fingerprint density at radius 3 is 1.56 bits per heavy atom. The monoisotopic (exact) mass is 253 g/mol. The van der Waals surface area contributed by atoms with Crippen molar-refractivity contribution in [3.05, 3.63) is 0 Å². The number of hydrogen-bond acceptors (Lipinski definition) is 1. The average molecular weight is 252 g/mol. The largest absolute Gasteiger partial charge is 1.00 e. The second-order valence-corrected chi connectivity index (χ2v) is 2.74. The van der Waals surface area contributed by atoms with Crippen molar-refractivity contribution in [2.45, 2.75) is 0 Å². The Kier molecular flexibility index (Phi) is 13.4. The van der Waals surface area contributed by atoms with E-state index in [1.54, 1.807) is 0 Å². The normalized spacial score (nSPS) is 9.33. The molecule has 1 N–H and O–H groups in total. The number of hydrogen-bond donors (Lipinski definition) is 1. The van der Waals surface area contributed by atoms with Crippen LogP contribution < -0.4 is 12.4 Å². The van der Waals surface area contributed by atoms with Gasteiger partial charge in [-0.15, -0.1) is 0 Å². The summed E-state index contributed by atoms with van der Waals surface area (Å²) < 4.78 is 0.844. The third-order valence-electron chi connectivity index (χ3n) is 0.771. The predicted octanol–water partition coefficient (Wildman–Crippen LogP) is -3.31. The van der Waals surface area contributed by atoms with Crippen LogP contribution in [0.2, 0.25) is 0 Å². The van der Waals surface area contributed by atoms with E-state index in [2.05, 4.69) is 21.1 Å². The summed E-state index contributed by atoms with van der Waals surface area (Å²) in [5.74, 6) is 0. The summed E-state index contributed by atoms with van der Waals surface area (Å²) in [6, 6.07) is 0. The van der Waals surface area contributed by atoms with Crippen molar-refractivity contribution < 1.29 is 49.3 Å². The Bertz CT molecular complexity index is 55.4. The topological polar surface area (TPSA) is 20.2 Å². The van der Waals surface area contributed by atoms with Crippen LogP contribution in [0, 0.1) is 0 Å². The minimum absolute atomic E-state index is 0. The molecule has 0 aromatic heterocycles. The van der Waals surface area contributed by atoms with E-state index in [9.17, 15) is 0 Å². The van der Waals surface area contributed by atoms with Gasteiger partial charge < -0.3 is 22.0 Å². The smallest absolute Gasteiger partial charge is 0.101 e.